The van der Waals surface area contributed by atoms with Gasteiger partial charge < -0.3 is 19.7 Å². The molecule has 1 aliphatic carbocycles. The van der Waals surface area contributed by atoms with E-state index < -0.39 is 41.4 Å². The first-order chi connectivity index (χ1) is 17.7. The van der Waals surface area contributed by atoms with Gasteiger partial charge in [0.25, 0.3) is 0 Å². The first kappa shape index (κ1) is 26.5. The van der Waals surface area contributed by atoms with E-state index in [9.17, 15) is 27.6 Å². The van der Waals surface area contributed by atoms with Crippen LogP contribution in [0.15, 0.2) is 36.4 Å². The largest absolute Gasteiger partial charge is 0.497 e. The third-order valence-corrected chi connectivity index (χ3v) is 6.68. The minimum atomic E-state index is -1.34. The summed E-state index contributed by atoms with van der Waals surface area (Å²) >= 11 is 0. The summed E-state index contributed by atoms with van der Waals surface area (Å²) in [6.07, 6.45) is 2.72. The molecule has 4 rings (SSSR count). The summed E-state index contributed by atoms with van der Waals surface area (Å²) in [4.78, 5) is 39.4. The number of nitrogens with one attached hydrogen (secondary N) is 1. The normalized spacial score (nSPS) is 18.0. The molecule has 37 heavy (non-hydrogen) atoms. The zero-order valence-corrected chi connectivity index (χ0v) is 20.5. The highest BCUT2D eigenvalue weighted by Gasteiger charge is 2.36. The van der Waals surface area contributed by atoms with Gasteiger partial charge in [-0.2, -0.15) is 0 Å². The number of rotatable bonds is 11. The van der Waals surface area contributed by atoms with Crippen molar-refractivity contribution in [3.05, 3.63) is 65.0 Å². The number of carbonyl (C=O) groups excluding carboxylic acids is 3. The predicted octanol–water partition coefficient (Wildman–Crippen LogP) is 4.02. The van der Waals surface area contributed by atoms with E-state index in [1.807, 2.05) is 0 Å². The van der Waals surface area contributed by atoms with E-state index in [4.69, 9.17) is 9.47 Å². The second kappa shape index (κ2) is 11.7. The number of methoxy groups -OCH3 is 1. The Morgan fingerprint density at radius 3 is 2.65 bits per heavy atom. The molecule has 2 aromatic carbocycles. The molecule has 2 aliphatic rings. The van der Waals surface area contributed by atoms with Crippen molar-refractivity contribution in [1.29, 1.82) is 0 Å². The second-order valence-corrected chi connectivity index (χ2v) is 9.54. The van der Waals surface area contributed by atoms with Crippen LogP contribution in [0.1, 0.15) is 49.7 Å². The monoisotopic (exact) mass is 518 g/mol. The van der Waals surface area contributed by atoms with E-state index in [-0.39, 0.29) is 37.5 Å². The molecule has 198 valence electrons. The minimum Gasteiger partial charge on any atom is -0.497 e. The van der Waals surface area contributed by atoms with Gasteiger partial charge >= 0.3 is 5.97 Å². The van der Waals surface area contributed by atoms with Crippen LogP contribution in [-0.4, -0.2) is 41.9 Å². The number of amides is 2. The number of hydrogen-bond acceptors (Lipinski definition) is 5. The third kappa shape index (κ3) is 7.02. The quantitative estimate of drug-likeness (QED) is 0.359. The maximum absolute atomic E-state index is 14.2. The number of ether oxygens (including phenoxy) is 2. The van der Waals surface area contributed by atoms with Gasteiger partial charge in [0.2, 0.25) is 11.8 Å². The van der Waals surface area contributed by atoms with Crippen LogP contribution in [0.2, 0.25) is 0 Å². The summed E-state index contributed by atoms with van der Waals surface area (Å²) in [7, 11) is 1.54. The Morgan fingerprint density at radius 1 is 1.14 bits per heavy atom. The lowest BCUT2D eigenvalue weighted by Crippen LogP contribution is -2.44. The first-order valence-corrected chi connectivity index (χ1v) is 12.2. The number of carbonyl (C=O) groups is 3. The maximum atomic E-state index is 14.2. The molecule has 1 N–H and O–H groups in total. The highest BCUT2D eigenvalue weighted by Crippen LogP contribution is 2.34. The van der Waals surface area contributed by atoms with Gasteiger partial charge in [-0.05, 0) is 42.5 Å². The lowest BCUT2D eigenvalue weighted by molar-refractivity contribution is -0.149. The molecule has 0 spiro atoms. The van der Waals surface area contributed by atoms with Crippen molar-refractivity contribution in [2.45, 2.75) is 63.8 Å². The van der Waals surface area contributed by atoms with Crippen molar-refractivity contribution < 1.29 is 37.0 Å². The fraction of sp³-hybridized carbons (Fsp3) is 0.444. The van der Waals surface area contributed by atoms with Crippen molar-refractivity contribution in [2.24, 2.45) is 5.92 Å². The summed E-state index contributed by atoms with van der Waals surface area (Å²) in [6, 6.07) is 6.94. The molecule has 2 fully saturated rings. The highest BCUT2D eigenvalue weighted by atomic mass is 19.2. The van der Waals surface area contributed by atoms with E-state index in [0.717, 1.165) is 24.5 Å². The third-order valence-electron chi connectivity index (χ3n) is 6.68. The van der Waals surface area contributed by atoms with E-state index in [0.29, 0.717) is 30.6 Å². The Hall–Kier alpha value is -3.56. The molecule has 2 amide bonds. The van der Waals surface area contributed by atoms with Crippen molar-refractivity contribution >= 4 is 17.8 Å². The lowest BCUT2D eigenvalue weighted by Gasteiger charge is -2.26. The zero-order chi connectivity index (χ0) is 26.5. The summed E-state index contributed by atoms with van der Waals surface area (Å²) in [5.74, 6) is -3.92. The number of likely N-dealkylation sites (tertiary alicyclic amines) is 1. The summed E-state index contributed by atoms with van der Waals surface area (Å²) in [5, 5.41) is 2.73. The number of benzene rings is 2. The van der Waals surface area contributed by atoms with Crippen LogP contribution in [0.3, 0.4) is 0 Å². The lowest BCUT2D eigenvalue weighted by atomic mass is 10.1. The fourth-order valence-electron chi connectivity index (χ4n) is 4.52. The molecule has 1 aliphatic heterocycles. The molecule has 0 aromatic heterocycles. The van der Waals surface area contributed by atoms with Crippen LogP contribution in [0.25, 0.3) is 0 Å². The van der Waals surface area contributed by atoms with Gasteiger partial charge in [-0.25, -0.2) is 18.0 Å². The molecule has 1 heterocycles. The van der Waals surface area contributed by atoms with Gasteiger partial charge in [0.1, 0.15) is 24.2 Å². The Bertz CT molecular complexity index is 1170. The molecule has 0 bridgehead atoms. The average Bonchev–Trinajstić information content (AvgIpc) is 3.63. The number of esters is 1. The summed E-state index contributed by atoms with van der Waals surface area (Å²) in [5.41, 5.74) is 0.441. The van der Waals surface area contributed by atoms with Crippen LogP contribution >= 0.6 is 0 Å². The van der Waals surface area contributed by atoms with Gasteiger partial charge in [0.15, 0.2) is 11.6 Å². The maximum Gasteiger partial charge on any atom is 0.328 e. The van der Waals surface area contributed by atoms with E-state index in [2.05, 4.69) is 5.32 Å². The zero-order valence-electron chi connectivity index (χ0n) is 20.5. The second-order valence-electron chi connectivity index (χ2n) is 9.54. The summed E-state index contributed by atoms with van der Waals surface area (Å²) in [6.45, 7) is -0.334. The molecule has 10 heteroatoms. The SMILES string of the molecule is COc1cccc(COC(=O)[C@H](CC2CC2)NC(=O)C[C@@H]2CCC(=O)N2Cc2cc(F)cc(F)c2F)c1. The van der Waals surface area contributed by atoms with Crippen LogP contribution in [0, 0.1) is 23.4 Å². The number of nitrogens with zero attached hydrogens (tertiary/aromatic N) is 1. The van der Waals surface area contributed by atoms with E-state index >= 15 is 0 Å². The van der Waals surface area contributed by atoms with Gasteiger partial charge in [0.05, 0.1) is 7.11 Å². The van der Waals surface area contributed by atoms with Gasteiger partial charge in [0, 0.05) is 37.1 Å². The van der Waals surface area contributed by atoms with Crippen molar-refractivity contribution in [1.82, 2.24) is 10.2 Å². The topological polar surface area (TPSA) is 84.9 Å². The Morgan fingerprint density at radius 2 is 1.92 bits per heavy atom. The standard InChI is InChI=1S/C27H29F3N2O5/c1-36-21-4-2-3-17(9-21)15-37-27(35)23(10-16-5-6-16)31-24(33)13-20-7-8-25(34)32(20)14-18-11-19(28)12-22(29)26(18)30/h2-4,9,11-12,16,20,23H,5-8,10,13-15H2,1H3,(H,31,33)/t20-,23-/m0/s1. The van der Waals surface area contributed by atoms with Crippen molar-refractivity contribution in [3.8, 4) is 5.75 Å². The Labute approximate surface area is 212 Å². The minimum absolute atomic E-state index is 0.0216. The van der Waals surface area contributed by atoms with Crippen LogP contribution in [0.4, 0.5) is 13.2 Å². The van der Waals surface area contributed by atoms with Crippen LogP contribution in [-0.2, 0) is 32.3 Å². The molecule has 2 aromatic rings. The fourth-order valence-corrected chi connectivity index (χ4v) is 4.52. The van der Waals surface area contributed by atoms with Gasteiger partial charge in [-0.3, -0.25) is 9.59 Å². The van der Waals surface area contributed by atoms with Crippen molar-refractivity contribution in [3.63, 3.8) is 0 Å². The van der Waals surface area contributed by atoms with Gasteiger partial charge in [-0.1, -0.05) is 25.0 Å². The van der Waals surface area contributed by atoms with E-state index in [1.165, 1.54) is 12.0 Å². The molecule has 1 saturated carbocycles. The summed E-state index contributed by atoms with van der Waals surface area (Å²) < 4.78 is 52.0. The van der Waals surface area contributed by atoms with Crippen LogP contribution in [0.5, 0.6) is 5.75 Å². The van der Waals surface area contributed by atoms with Crippen molar-refractivity contribution in [2.75, 3.05) is 7.11 Å². The molecular formula is C27H29F3N2O5. The van der Waals surface area contributed by atoms with Crippen LogP contribution < -0.4 is 10.1 Å². The molecule has 0 radical (unpaired) electrons. The average molecular weight is 519 g/mol. The first-order valence-electron chi connectivity index (χ1n) is 12.2. The van der Waals surface area contributed by atoms with Gasteiger partial charge in [-0.15, -0.1) is 0 Å². The van der Waals surface area contributed by atoms with E-state index in [1.54, 1.807) is 24.3 Å². The Balaban J connectivity index is 1.37. The molecule has 0 unspecified atom stereocenters. The molecule has 7 nitrogen and oxygen atoms in total. The smallest absolute Gasteiger partial charge is 0.328 e. The molecule has 2 atom stereocenters. The predicted molar refractivity (Wildman–Crippen MR) is 127 cm³/mol. The molecular weight excluding hydrogens is 489 g/mol. The molecule has 1 saturated heterocycles. The number of hydrogen-bond donors (Lipinski definition) is 1. The number of halogens is 3. The highest BCUT2D eigenvalue weighted by molar-refractivity contribution is 5.86. The Kier molecular flexibility index (Phi) is 8.35.